The van der Waals surface area contributed by atoms with Crippen LogP contribution < -0.4 is 0 Å². The number of rotatable bonds is 5. The zero-order chi connectivity index (χ0) is 14.6. The number of hydrogen-bond acceptors (Lipinski definition) is 2. The summed E-state index contributed by atoms with van der Waals surface area (Å²) in [5.41, 5.74) is 0. The molecule has 112 valence electrons. The summed E-state index contributed by atoms with van der Waals surface area (Å²) in [6.07, 6.45) is 5.39. The largest absolute Gasteiger partial charge is 0.244 e. The molecule has 1 aliphatic rings. The van der Waals surface area contributed by atoms with Crippen molar-refractivity contribution in [2.75, 3.05) is 11.9 Å². The summed E-state index contributed by atoms with van der Waals surface area (Å²) in [6, 6.07) is 7.19. The van der Waals surface area contributed by atoms with Gasteiger partial charge in [0.25, 0.3) is 0 Å². The smallest absolute Gasteiger partial charge is 0.207 e. The molecule has 1 aliphatic carbocycles. The molecule has 3 nitrogen and oxygen atoms in total. The van der Waals surface area contributed by atoms with Crippen molar-refractivity contribution in [2.45, 2.75) is 43.0 Å². The molecule has 20 heavy (non-hydrogen) atoms. The first-order valence-electron chi connectivity index (χ1n) is 6.89. The van der Waals surface area contributed by atoms with Gasteiger partial charge in [-0.25, -0.2) is 8.42 Å². The van der Waals surface area contributed by atoms with Crippen LogP contribution in [0.1, 0.15) is 32.1 Å². The first-order chi connectivity index (χ1) is 9.57. The van der Waals surface area contributed by atoms with Crippen LogP contribution in [-0.2, 0) is 10.0 Å². The quantitative estimate of drug-likeness (QED) is 0.665. The zero-order valence-corrected chi connectivity index (χ0v) is 15.3. The monoisotopic (exact) mass is 423 g/mol. The molecule has 0 spiro atoms. The Morgan fingerprint density at radius 2 is 1.80 bits per heavy atom. The van der Waals surface area contributed by atoms with Crippen LogP contribution in [0.25, 0.3) is 0 Å². The first kappa shape index (κ1) is 16.5. The second-order valence-electron chi connectivity index (χ2n) is 5.03. The SMILES string of the molecule is O=S(=O)(c1ccccc1Br)N(CCBr)C1CCCCC1. The van der Waals surface area contributed by atoms with E-state index in [0.717, 1.165) is 25.7 Å². The molecule has 0 unspecified atom stereocenters. The van der Waals surface area contributed by atoms with Gasteiger partial charge in [0.1, 0.15) is 0 Å². The van der Waals surface area contributed by atoms with Crippen molar-refractivity contribution < 1.29 is 8.42 Å². The topological polar surface area (TPSA) is 37.4 Å². The van der Waals surface area contributed by atoms with E-state index in [-0.39, 0.29) is 6.04 Å². The Kier molecular flexibility index (Phi) is 6.08. The lowest BCUT2D eigenvalue weighted by molar-refractivity contribution is 0.263. The van der Waals surface area contributed by atoms with Crippen molar-refractivity contribution in [1.29, 1.82) is 0 Å². The number of halogens is 2. The molecule has 1 fully saturated rings. The Morgan fingerprint density at radius 3 is 2.40 bits per heavy atom. The predicted octanol–water partition coefficient (Wildman–Crippen LogP) is 4.17. The van der Waals surface area contributed by atoms with E-state index in [0.29, 0.717) is 21.2 Å². The third-order valence-electron chi connectivity index (χ3n) is 3.71. The summed E-state index contributed by atoms with van der Waals surface area (Å²) >= 11 is 6.74. The summed E-state index contributed by atoms with van der Waals surface area (Å²) in [6.45, 7) is 0.522. The van der Waals surface area contributed by atoms with Gasteiger partial charge in [-0.3, -0.25) is 0 Å². The Hall–Kier alpha value is 0.0900. The maximum atomic E-state index is 12.9. The molecule has 0 amide bonds. The van der Waals surface area contributed by atoms with Crippen molar-refractivity contribution in [2.24, 2.45) is 0 Å². The molecule has 0 heterocycles. The highest BCUT2D eigenvalue weighted by atomic mass is 79.9. The van der Waals surface area contributed by atoms with Crippen molar-refractivity contribution in [1.82, 2.24) is 4.31 Å². The molecule has 0 aromatic heterocycles. The third-order valence-corrected chi connectivity index (χ3v) is 7.03. The molecular weight excluding hydrogens is 406 g/mol. The van der Waals surface area contributed by atoms with Gasteiger partial charge in [0.2, 0.25) is 10.0 Å². The average molecular weight is 425 g/mol. The highest BCUT2D eigenvalue weighted by Gasteiger charge is 2.32. The Morgan fingerprint density at radius 1 is 1.15 bits per heavy atom. The Bertz CT molecular complexity index is 542. The second kappa shape index (κ2) is 7.38. The number of hydrogen-bond donors (Lipinski definition) is 0. The van der Waals surface area contributed by atoms with E-state index in [9.17, 15) is 8.42 Å². The predicted molar refractivity (Wildman–Crippen MR) is 88.7 cm³/mol. The Labute approximate surface area is 138 Å². The fourth-order valence-electron chi connectivity index (χ4n) is 2.73. The van der Waals surface area contributed by atoms with Gasteiger partial charge >= 0.3 is 0 Å². The summed E-state index contributed by atoms with van der Waals surface area (Å²) in [7, 11) is -3.44. The van der Waals surface area contributed by atoms with Gasteiger partial charge in [-0.15, -0.1) is 0 Å². The van der Waals surface area contributed by atoms with Gasteiger partial charge < -0.3 is 0 Å². The standard InChI is InChI=1S/C14H19Br2NO2S/c15-10-11-17(12-6-2-1-3-7-12)20(18,19)14-9-5-4-8-13(14)16/h4-5,8-9,12H,1-3,6-7,10-11H2. The van der Waals surface area contributed by atoms with Crippen molar-refractivity contribution >= 4 is 41.9 Å². The van der Waals surface area contributed by atoms with Crippen LogP contribution in [0.4, 0.5) is 0 Å². The zero-order valence-electron chi connectivity index (χ0n) is 11.3. The van der Waals surface area contributed by atoms with E-state index in [2.05, 4.69) is 31.9 Å². The molecule has 0 saturated heterocycles. The van der Waals surface area contributed by atoms with Crippen LogP contribution in [0.5, 0.6) is 0 Å². The fourth-order valence-corrected chi connectivity index (χ4v) is 6.00. The van der Waals surface area contributed by atoms with Crippen LogP contribution in [0.2, 0.25) is 0 Å². The molecule has 2 rings (SSSR count). The number of alkyl halides is 1. The average Bonchev–Trinajstić information content (AvgIpc) is 2.45. The van der Waals surface area contributed by atoms with Crippen molar-refractivity contribution in [3.63, 3.8) is 0 Å². The molecular formula is C14H19Br2NO2S. The summed E-state index contributed by atoms with van der Waals surface area (Å²) in [5.74, 6) is 0. The van der Waals surface area contributed by atoms with Gasteiger partial charge in [-0.1, -0.05) is 47.3 Å². The van der Waals surface area contributed by atoms with Gasteiger partial charge in [0.05, 0.1) is 4.90 Å². The van der Waals surface area contributed by atoms with Gasteiger partial charge in [-0.2, -0.15) is 4.31 Å². The highest BCUT2D eigenvalue weighted by molar-refractivity contribution is 9.10. The lowest BCUT2D eigenvalue weighted by atomic mass is 9.95. The maximum Gasteiger partial charge on any atom is 0.244 e. The van der Waals surface area contributed by atoms with Crippen LogP contribution >= 0.6 is 31.9 Å². The highest BCUT2D eigenvalue weighted by Crippen LogP contribution is 2.30. The van der Waals surface area contributed by atoms with Crippen LogP contribution in [-0.4, -0.2) is 30.6 Å². The lowest BCUT2D eigenvalue weighted by Crippen LogP contribution is -2.42. The third kappa shape index (κ3) is 3.64. The molecule has 0 radical (unpaired) electrons. The van der Waals surface area contributed by atoms with Gasteiger partial charge in [-0.05, 0) is 40.9 Å². The van der Waals surface area contributed by atoms with Crippen molar-refractivity contribution in [3.05, 3.63) is 28.7 Å². The number of nitrogens with zero attached hydrogens (tertiary/aromatic N) is 1. The summed E-state index contributed by atoms with van der Waals surface area (Å²) in [4.78, 5) is 0.367. The van der Waals surface area contributed by atoms with E-state index in [1.165, 1.54) is 6.42 Å². The summed E-state index contributed by atoms with van der Waals surface area (Å²) in [5, 5.41) is 0.660. The van der Waals surface area contributed by atoms with E-state index >= 15 is 0 Å². The second-order valence-corrected chi connectivity index (χ2v) is 8.53. The first-order valence-corrected chi connectivity index (χ1v) is 10.2. The molecule has 6 heteroatoms. The van der Waals surface area contributed by atoms with E-state index in [1.807, 2.05) is 6.07 Å². The number of sulfonamides is 1. The molecule has 0 aliphatic heterocycles. The fraction of sp³-hybridized carbons (Fsp3) is 0.571. The molecule has 0 atom stereocenters. The van der Waals surface area contributed by atoms with E-state index < -0.39 is 10.0 Å². The van der Waals surface area contributed by atoms with Crippen LogP contribution in [0.3, 0.4) is 0 Å². The minimum Gasteiger partial charge on any atom is -0.207 e. The molecule has 1 saturated carbocycles. The molecule has 0 bridgehead atoms. The molecule has 1 aromatic carbocycles. The maximum absolute atomic E-state index is 12.9. The van der Waals surface area contributed by atoms with E-state index in [1.54, 1.807) is 22.5 Å². The van der Waals surface area contributed by atoms with Gasteiger partial charge in [0, 0.05) is 22.4 Å². The van der Waals surface area contributed by atoms with Crippen molar-refractivity contribution in [3.8, 4) is 0 Å². The summed E-state index contributed by atoms with van der Waals surface area (Å²) < 4.78 is 28.2. The van der Waals surface area contributed by atoms with E-state index in [4.69, 9.17) is 0 Å². The number of benzene rings is 1. The van der Waals surface area contributed by atoms with Crippen LogP contribution in [0.15, 0.2) is 33.6 Å². The Balaban J connectivity index is 2.34. The lowest BCUT2D eigenvalue weighted by Gasteiger charge is -2.33. The molecule has 0 N–H and O–H groups in total. The molecule has 1 aromatic rings. The normalized spacial score (nSPS) is 17.6. The van der Waals surface area contributed by atoms with Gasteiger partial charge in [0.15, 0.2) is 0 Å². The minimum absolute atomic E-state index is 0.137. The minimum atomic E-state index is -3.44. The van der Waals surface area contributed by atoms with Crippen LogP contribution in [0, 0.1) is 0 Å².